The highest BCUT2D eigenvalue weighted by molar-refractivity contribution is 7.79. The smallest absolute Gasteiger partial charge is 0.153 e. The van der Waals surface area contributed by atoms with Gasteiger partial charge in [0.1, 0.15) is 11.4 Å². The summed E-state index contributed by atoms with van der Waals surface area (Å²) in [5.74, 6) is 1.17. The largest absolute Gasteiger partial charge is 0.481 e. The summed E-state index contributed by atoms with van der Waals surface area (Å²) in [6.45, 7) is 2.14. The van der Waals surface area contributed by atoms with Gasteiger partial charge in [-0.25, -0.2) is 0 Å². The van der Waals surface area contributed by atoms with Gasteiger partial charge in [0, 0.05) is 23.3 Å². The lowest BCUT2D eigenvalue weighted by Crippen LogP contribution is -2.30. The maximum Gasteiger partial charge on any atom is 0.153 e. The third-order valence-electron chi connectivity index (χ3n) is 6.40. The fourth-order valence-corrected chi connectivity index (χ4v) is 7.78. The molecule has 0 radical (unpaired) electrons. The highest BCUT2D eigenvalue weighted by Gasteiger charge is 2.58. The third-order valence-corrected chi connectivity index (χ3v) is 9.87. The number of ether oxygens (including phenoxy) is 1. The van der Waals surface area contributed by atoms with Crippen LogP contribution in [-0.4, -0.2) is 11.3 Å². The monoisotopic (exact) mass is 400 g/mol. The molecule has 3 aliphatic carbocycles. The number of allylic oxidation sites excluding steroid dienone is 6. The van der Waals surface area contributed by atoms with Crippen LogP contribution >= 0.6 is 7.14 Å². The first-order chi connectivity index (χ1) is 14.1. The van der Waals surface area contributed by atoms with Gasteiger partial charge in [-0.1, -0.05) is 85.0 Å². The maximum absolute atomic E-state index is 14.8. The van der Waals surface area contributed by atoms with E-state index in [1.165, 1.54) is 5.57 Å². The summed E-state index contributed by atoms with van der Waals surface area (Å²) >= 11 is 0. The predicted molar refractivity (Wildman–Crippen MR) is 121 cm³/mol. The van der Waals surface area contributed by atoms with Crippen molar-refractivity contribution in [2.75, 3.05) is 0 Å². The standard InChI is InChI=1S/C26H25O2P/c1-20-11-10-12-21-19-26(20,21)28-24-17-8-9-18-25(24)29(27,22-13-4-2-5-14-22)23-15-6-3-7-16-23/h2-15,17-18,21,23H,16,19H2,1H3. The topological polar surface area (TPSA) is 26.3 Å². The number of benzene rings is 2. The molecule has 4 unspecified atom stereocenters. The van der Waals surface area contributed by atoms with Gasteiger partial charge in [0.2, 0.25) is 0 Å². The SMILES string of the molecule is CC1=CC=CC2CC12Oc1ccccc1P(=O)(c1ccccc1)C1C=CC=CC1. The second kappa shape index (κ2) is 7.04. The average molecular weight is 400 g/mol. The molecule has 0 aliphatic heterocycles. The minimum Gasteiger partial charge on any atom is -0.481 e. The van der Waals surface area contributed by atoms with Gasteiger partial charge in [0.15, 0.2) is 7.14 Å². The van der Waals surface area contributed by atoms with Crippen LogP contribution in [-0.2, 0) is 4.57 Å². The van der Waals surface area contributed by atoms with E-state index in [0.29, 0.717) is 5.92 Å². The number of para-hydroxylation sites is 1. The summed E-state index contributed by atoms with van der Waals surface area (Å²) in [6.07, 6.45) is 16.5. The molecule has 1 fully saturated rings. The van der Waals surface area contributed by atoms with Crippen molar-refractivity contribution in [1.29, 1.82) is 0 Å². The molecule has 0 N–H and O–H groups in total. The molecule has 2 nitrogen and oxygen atoms in total. The van der Waals surface area contributed by atoms with Crippen LogP contribution in [0.25, 0.3) is 0 Å². The highest BCUT2D eigenvalue weighted by Crippen LogP contribution is 2.57. The van der Waals surface area contributed by atoms with Crippen molar-refractivity contribution >= 4 is 17.8 Å². The quantitative estimate of drug-likeness (QED) is 0.616. The molecule has 2 aromatic carbocycles. The molecule has 0 bridgehead atoms. The van der Waals surface area contributed by atoms with E-state index < -0.39 is 7.14 Å². The molecular weight excluding hydrogens is 375 g/mol. The van der Waals surface area contributed by atoms with Gasteiger partial charge in [0.05, 0.1) is 5.30 Å². The number of fused-ring (bicyclic) bond motifs is 1. The van der Waals surface area contributed by atoms with Crippen LogP contribution in [0.2, 0.25) is 0 Å². The van der Waals surface area contributed by atoms with E-state index in [4.69, 9.17) is 4.74 Å². The second-order valence-electron chi connectivity index (χ2n) is 8.11. The van der Waals surface area contributed by atoms with Gasteiger partial charge in [0.25, 0.3) is 0 Å². The summed E-state index contributed by atoms with van der Waals surface area (Å²) < 4.78 is 21.5. The fourth-order valence-electron chi connectivity index (χ4n) is 4.63. The van der Waals surface area contributed by atoms with Gasteiger partial charge >= 0.3 is 0 Å². The van der Waals surface area contributed by atoms with Gasteiger partial charge < -0.3 is 9.30 Å². The molecular formula is C26H25O2P. The Balaban J connectivity index is 1.62. The Morgan fingerprint density at radius 3 is 2.52 bits per heavy atom. The lowest BCUT2D eigenvalue weighted by atomic mass is 10.0. The Labute approximate surface area is 172 Å². The lowest BCUT2D eigenvalue weighted by molar-refractivity contribution is 0.206. The van der Waals surface area contributed by atoms with E-state index in [1.54, 1.807) is 0 Å². The summed E-state index contributed by atoms with van der Waals surface area (Å²) in [6, 6.07) is 17.9. The van der Waals surface area contributed by atoms with E-state index in [-0.39, 0.29) is 11.3 Å². The Kier molecular flexibility index (Phi) is 4.48. The molecule has 0 saturated heterocycles. The first-order valence-corrected chi connectivity index (χ1v) is 12.0. The normalized spacial score (nSPS) is 28.9. The van der Waals surface area contributed by atoms with Crippen molar-refractivity contribution in [2.45, 2.75) is 31.0 Å². The summed E-state index contributed by atoms with van der Waals surface area (Å²) in [4.78, 5) is 0. The Morgan fingerprint density at radius 2 is 1.76 bits per heavy atom. The van der Waals surface area contributed by atoms with Crippen LogP contribution in [0.15, 0.2) is 103 Å². The van der Waals surface area contributed by atoms with Crippen LogP contribution in [0, 0.1) is 5.92 Å². The molecule has 4 atom stereocenters. The zero-order valence-electron chi connectivity index (χ0n) is 16.6. The lowest BCUT2D eigenvalue weighted by Gasteiger charge is -2.30. The van der Waals surface area contributed by atoms with Crippen molar-refractivity contribution in [3.05, 3.63) is 103 Å². The summed E-state index contributed by atoms with van der Waals surface area (Å²) in [5, 5.41) is 1.72. The first kappa shape index (κ1) is 18.5. The predicted octanol–water partition coefficient (Wildman–Crippen LogP) is 5.54. The molecule has 0 heterocycles. The minimum absolute atomic E-state index is 0.0601. The van der Waals surface area contributed by atoms with Crippen molar-refractivity contribution in [3.8, 4) is 5.75 Å². The fraction of sp³-hybridized carbons (Fsp3) is 0.231. The van der Waals surface area contributed by atoms with E-state index in [9.17, 15) is 4.57 Å². The first-order valence-electron chi connectivity index (χ1n) is 10.3. The molecule has 0 amide bonds. The molecule has 5 rings (SSSR count). The molecule has 3 heteroatoms. The van der Waals surface area contributed by atoms with E-state index in [2.05, 4.69) is 37.3 Å². The Bertz CT molecular complexity index is 1090. The van der Waals surface area contributed by atoms with Crippen LogP contribution in [0.4, 0.5) is 0 Å². The van der Waals surface area contributed by atoms with Gasteiger partial charge in [-0.05, 0) is 31.1 Å². The van der Waals surface area contributed by atoms with Crippen LogP contribution in [0.1, 0.15) is 19.8 Å². The van der Waals surface area contributed by atoms with Crippen LogP contribution in [0.5, 0.6) is 5.75 Å². The molecule has 1 saturated carbocycles. The zero-order chi connectivity index (χ0) is 19.9. The molecule has 0 spiro atoms. The highest BCUT2D eigenvalue weighted by atomic mass is 31.2. The number of rotatable bonds is 5. The van der Waals surface area contributed by atoms with E-state index >= 15 is 0 Å². The Hall–Kier alpha value is -2.57. The maximum atomic E-state index is 14.8. The van der Waals surface area contributed by atoms with Crippen molar-refractivity contribution in [3.63, 3.8) is 0 Å². The number of hydrogen-bond donors (Lipinski definition) is 0. The van der Waals surface area contributed by atoms with Gasteiger partial charge in [-0.15, -0.1) is 0 Å². The number of hydrogen-bond acceptors (Lipinski definition) is 2. The van der Waals surface area contributed by atoms with Crippen LogP contribution in [0.3, 0.4) is 0 Å². The van der Waals surface area contributed by atoms with E-state index in [0.717, 1.165) is 29.2 Å². The molecule has 0 aromatic heterocycles. The van der Waals surface area contributed by atoms with Crippen molar-refractivity contribution < 1.29 is 9.30 Å². The zero-order valence-corrected chi connectivity index (χ0v) is 17.5. The molecule has 3 aliphatic rings. The van der Waals surface area contributed by atoms with Crippen molar-refractivity contribution in [1.82, 2.24) is 0 Å². The third kappa shape index (κ3) is 2.98. The molecule has 2 aromatic rings. The minimum atomic E-state index is -2.94. The second-order valence-corrected chi connectivity index (χ2v) is 11.1. The molecule has 146 valence electrons. The van der Waals surface area contributed by atoms with Gasteiger partial charge in [-0.2, -0.15) is 0 Å². The van der Waals surface area contributed by atoms with Gasteiger partial charge in [-0.3, -0.25) is 0 Å². The van der Waals surface area contributed by atoms with Crippen molar-refractivity contribution in [2.24, 2.45) is 5.92 Å². The molecule has 29 heavy (non-hydrogen) atoms. The average Bonchev–Trinajstić information content (AvgIpc) is 3.50. The van der Waals surface area contributed by atoms with E-state index in [1.807, 2.05) is 66.7 Å². The Morgan fingerprint density at radius 1 is 0.966 bits per heavy atom. The summed E-state index contributed by atoms with van der Waals surface area (Å²) in [7, 11) is -2.94. The van der Waals surface area contributed by atoms with Crippen LogP contribution < -0.4 is 15.3 Å². The summed E-state index contributed by atoms with van der Waals surface area (Å²) in [5.41, 5.74) is 0.916.